The molecule has 2 heterocycles. The van der Waals surface area contributed by atoms with E-state index in [1.807, 2.05) is 47.4 Å². The monoisotopic (exact) mass is 297 g/mol. The van der Waals surface area contributed by atoms with Crippen LogP contribution in [-0.4, -0.2) is 30.7 Å². The molecule has 3 rings (SSSR count). The molecule has 2 aliphatic rings. The number of hydrogen-bond donors (Lipinski definition) is 0. The van der Waals surface area contributed by atoms with Gasteiger partial charge in [-0.1, -0.05) is 36.4 Å². The first-order chi connectivity index (χ1) is 10.8. The molecule has 0 saturated carbocycles. The van der Waals surface area contributed by atoms with Crippen LogP contribution in [0.1, 0.15) is 18.4 Å². The normalized spacial score (nSPS) is 17.4. The van der Waals surface area contributed by atoms with Crippen molar-refractivity contribution in [3.63, 3.8) is 0 Å². The topological polar surface area (TPSA) is 38.8 Å². The van der Waals surface area contributed by atoms with E-state index in [1.165, 1.54) is 0 Å². The number of carbonyl (C=O) groups is 1. The minimum Gasteiger partial charge on any atom is -0.454 e. The molecule has 0 radical (unpaired) electrons. The fourth-order valence-electron chi connectivity index (χ4n) is 2.49. The van der Waals surface area contributed by atoms with Crippen LogP contribution in [0.5, 0.6) is 11.5 Å². The Morgan fingerprint density at radius 1 is 1.00 bits per heavy atom. The summed E-state index contributed by atoms with van der Waals surface area (Å²) in [6.07, 6.45) is 13.3. The standard InChI is InChI=1S/C18H19NO3/c20-18(19-11-5-6-12-19)8-4-2-1-3-7-15-9-10-16-17(13-15)22-14-21-16/h1-4,7-10,13H,5-6,11-12,14H2. The van der Waals surface area contributed by atoms with Gasteiger partial charge in [-0.05, 0) is 30.5 Å². The van der Waals surface area contributed by atoms with Gasteiger partial charge in [-0.2, -0.15) is 0 Å². The second-order valence-corrected chi connectivity index (χ2v) is 5.25. The lowest BCUT2D eigenvalue weighted by molar-refractivity contribution is -0.124. The predicted octanol–water partition coefficient (Wildman–Crippen LogP) is 3.16. The van der Waals surface area contributed by atoms with Crippen molar-refractivity contribution >= 4 is 12.0 Å². The largest absolute Gasteiger partial charge is 0.454 e. The highest BCUT2D eigenvalue weighted by atomic mass is 16.7. The molecule has 2 aliphatic heterocycles. The molecule has 0 bridgehead atoms. The molecular formula is C18H19NO3. The van der Waals surface area contributed by atoms with E-state index >= 15 is 0 Å². The third kappa shape index (κ3) is 3.58. The molecule has 1 saturated heterocycles. The summed E-state index contributed by atoms with van der Waals surface area (Å²) < 4.78 is 10.6. The SMILES string of the molecule is O=C(C=CC=CC=Cc1ccc2c(c1)OCO2)N1CCCC1. The molecule has 1 aromatic carbocycles. The molecule has 1 aromatic rings. The van der Waals surface area contributed by atoms with Gasteiger partial charge in [-0.15, -0.1) is 0 Å². The van der Waals surface area contributed by atoms with E-state index in [9.17, 15) is 4.79 Å². The Bertz CT molecular complexity index is 625. The highest BCUT2D eigenvalue weighted by Crippen LogP contribution is 2.32. The van der Waals surface area contributed by atoms with Gasteiger partial charge in [0.25, 0.3) is 0 Å². The molecule has 0 atom stereocenters. The maximum absolute atomic E-state index is 11.8. The third-order valence-corrected chi connectivity index (χ3v) is 3.68. The fourth-order valence-corrected chi connectivity index (χ4v) is 2.49. The number of allylic oxidation sites excluding steroid dienone is 4. The van der Waals surface area contributed by atoms with Gasteiger partial charge in [0.15, 0.2) is 11.5 Å². The van der Waals surface area contributed by atoms with Crippen LogP contribution in [0.25, 0.3) is 6.08 Å². The molecule has 0 aliphatic carbocycles. The van der Waals surface area contributed by atoms with Crippen molar-refractivity contribution in [3.8, 4) is 11.5 Å². The van der Waals surface area contributed by atoms with Crippen molar-refractivity contribution in [1.82, 2.24) is 4.90 Å². The molecular weight excluding hydrogens is 278 g/mol. The van der Waals surface area contributed by atoms with Crippen molar-refractivity contribution in [2.24, 2.45) is 0 Å². The molecule has 0 N–H and O–H groups in total. The lowest BCUT2D eigenvalue weighted by atomic mass is 10.2. The number of nitrogens with zero attached hydrogens (tertiary/aromatic N) is 1. The Hall–Kier alpha value is -2.49. The number of hydrogen-bond acceptors (Lipinski definition) is 3. The van der Waals surface area contributed by atoms with Crippen molar-refractivity contribution in [2.75, 3.05) is 19.9 Å². The first-order valence-electron chi connectivity index (χ1n) is 7.53. The average Bonchev–Trinajstić information content (AvgIpc) is 3.20. The van der Waals surface area contributed by atoms with E-state index in [1.54, 1.807) is 12.2 Å². The van der Waals surface area contributed by atoms with Crippen LogP contribution in [0.3, 0.4) is 0 Å². The summed E-state index contributed by atoms with van der Waals surface area (Å²) in [4.78, 5) is 13.7. The molecule has 0 unspecified atom stereocenters. The Morgan fingerprint density at radius 3 is 2.64 bits per heavy atom. The second-order valence-electron chi connectivity index (χ2n) is 5.25. The summed E-state index contributed by atoms with van der Waals surface area (Å²) in [5.41, 5.74) is 1.05. The zero-order valence-corrected chi connectivity index (χ0v) is 12.4. The molecule has 22 heavy (non-hydrogen) atoms. The number of amides is 1. The van der Waals surface area contributed by atoms with Crippen molar-refractivity contribution in [3.05, 3.63) is 54.1 Å². The second kappa shape index (κ2) is 6.98. The smallest absolute Gasteiger partial charge is 0.246 e. The summed E-state index contributed by atoms with van der Waals surface area (Å²) in [5.74, 6) is 1.67. The van der Waals surface area contributed by atoms with Crippen LogP contribution >= 0.6 is 0 Å². The van der Waals surface area contributed by atoms with E-state index < -0.39 is 0 Å². The zero-order valence-electron chi connectivity index (χ0n) is 12.4. The third-order valence-electron chi connectivity index (χ3n) is 3.68. The first kappa shape index (κ1) is 14.4. The number of carbonyl (C=O) groups excluding carboxylic acids is 1. The van der Waals surface area contributed by atoms with Gasteiger partial charge in [0.2, 0.25) is 12.7 Å². The van der Waals surface area contributed by atoms with Crippen LogP contribution in [0.4, 0.5) is 0 Å². The maximum Gasteiger partial charge on any atom is 0.246 e. The first-order valence-corrected chi connectivity index (χ1v) is 7.53. The van der Waals surface area contributed by atoms with Gasteiger partial charge >= 0.3 is 0 Å². The summed E-state index contributed by atoms with van der Waals surface area (Å²) >= 11 is 0. The lowest BCUT2D eigenvalue weighted by Crippen LogP contribution is -2.25. The van der Waals surface area contributed by atoms with Crippen molar-refractivity contribution in [2.45, 2.75) is 12.8 Å². The van der Waals surface area contributed by atoms with Gasteiger partial charge < -0.3 is 14.4 Å². The van der Waals surface area contributed by atoms with E-state index in [4.69, 9.17) is 9.47 Å². The average molecular weight is 297 g/mol. The number of fused-ring (bicyclic) bond motifs is 1. The predicted molar refractivity (Wildman–Crippen MR) is 85.7 cm³/mol. The fraction of sp³-hybridized carbons (Fsp3) is 0.278. The van der Waals surface area contributed by atoms with Gasteiger partial charge in [-0.25, -0.2) is 0 Å². The van der Waals surface area contributed by atoms with Gasteiger partial charge in [0.1, 0.15) is 0 Å². The summed E-state index contributed by atoms with van der Waals surface area (Å²) in [5, 5.41) is 0. The van der Waals surface area contributed by atoms with Crippen LogP contribution in [-0.2, 0) is 4.79 Å². The maximum atomic E-state index is 11.8. The highest BCUT2D eigenvalue weighted by Gasteiger charge is 2.14. The zero-order chi connectivity index (χ0) is 15.2. The molecule has 114 valence electrons. The Kier molecular flexibility index (Phi) is 4.59. The van der Waals surface area contributed by atoms with E-state index in [0.717, 1.165) is 43.0 Å². The van der Waals surface area contributed by atoms with Crippen LogP contribution < -0.4 is 9.47 Å². The molecule has 1 amide bonds. The van der Waals surface area contributed by atoms with Gasteiger partial charge in [0.05, 0.1) is 0 Å². The quantitative estimate of drug-likeness (QED) is 0.633. The molecule has 1 fully saturated rings. The van der Waals surface area contributed by atoms with E-state index in [0.29, 0.717) is 0 Å². The number of ether oxygens (including phenoxy) is 2. The minimum absolute atomic E-state index is 0.0990. The Balaban J connectivity index is 1.50. The molecule has 0 spiro atoms. The molecule has 4 heteroatoms. The minimum atomic E-state index is 0.0990. The molecule has 0 aromatic heterocycles. The van der Waals surface area contributed by atoms with Crippen molar-refractivity contribution < 1.29 is 14.3 Å². The summed E-state index contributed by atoms with van der Waals surface area (Å²) in [7, 11) is 0. The molecule has 4 nitrogen and oxygen atoms in total. The Labute approximate surface area is 130 Å². The lowest BCUT2D eigenvalue weighted by Gasteiger charge is -2.11. The highest BCUT2D eigenvalue weighted by molar-refractivity contribution is 5.88. The number of rotatable bonds is 4. The van der Waals surface area contributed by atoms with Crippen LogP contribution in [0.15, 0.2) is 48.6 Å². The summed E-state index contributed by atoms with van der Waals surface area (Å²) in [6.45, 7) is 2.06. The van der Waals surface area contributed by atoms with Gasteiger partial charge in [0, 0.05) is 19.2 Å². The van der Waals surface area contributed by atoms with Crippen molar-refractivity contribution in [1.29, 1.82) is 0 Å². The summed E-state index contributed by atoms with van der Waals surface area (Å²) in [6, 6.07) is 5.82. The Morgan fingerprint density at radius 2 is 1.77 bits per heavy atom. The van der Waals surface area contributed by atoms with Crippen LogP contribution in [0, 0.1) is 0 Å². The van der Waals surface area contributed by atoms with E-state index in [2.05, 4.69) is 0 Å². The van der Waals surface area contributed by atoms with Gasteiger partial charge in [-0.3, -0.25) is 4.79 Å². The van der Waals surface area contributed by atoms with E-state index in [-0.39, 0.29) is 12.7 Å². The number of benzene rings is 1. The number of likely N-dealkylation sites (tertiary alicyclic amines) is 1. The van der Waals surface area contributed by atoms with Crippen LogP contribution in [0.2, 0.25) is 0 Å².